The summed E-state index contributed by atoms with van der Waals surface area (Å²) in [6.07, 6.45) is 2.12. The lowest BCUT2D eigenvalue weighted by atomic mass is 10.1. The van der Waals surface area contributed by atoms with E-state index in [1.54, 1.807) is 0 Å². The van der Waals surface area contributed by atoms with E-state index in [1.165, 1.54) is 0 Å². The van der Waals surface area contributed by atoms with Crippen LogP contribution in [0.15, 0.2) is 48.7 Å². The van der Waals surface area contributed by atoms with Crippen LogP contribution in [0.4, 0.5) is 5.69 Å². The largest absolute Gasteiger partial charge is 0.489 e. The summed E-state index contributed by atoms with van der Waals surface area (Å²) in [6, 6.07) is 13.8. The van der Waals surface area contributed by atoms with E-state index in [0.29, 0.717) is 17.7 Å². The van der Waals surface area contributed by atoms with Crippen molar-refractivity contribution in [1.29, 1.82) is 0 Å². The average molecular weight is 315 g/mol. The van der Waals surface area contributed by atoms with E-state index < -0.39 is 0 Å². The van der Waals surface area contributed by atoms with Gasteiger partial charge >= 0.3 is 0 Å². The van der Waals surface area contributed by atoms with Gasteiger partial charge in [0.1, 0.15) is 12.4 Å². The first-order chi connectivity index (χ1) is 10.6. The molecule has 3 nitrogen and oxygen atoms in total. The third kappa shape index (κ3) is 2.77. The fraction of sp³-hybridized carbons (Fsp3) is 0.222. The van der Waals surface area contributed by atoms with Crippen molar-refractivity contribution >= 4 is 28.2 Å². The van der Waals surface area contributed by atoms with Crippen molar-refractivity contribution in [3.8, 4) is 5.75 Å². The molecule has 3 rings (SSSR count). The van der Waals surface area contributed by atoms with E-state index in [0.717, 1.165) is 27.9 Å². The number of benzene rings is 2. The minimum absolute atomic E-state index is 0.365. The maximum absolute atomic E-state index is 6.17. The zero-order valence-corrected chi connectivity index (χ0v) is 13.5. The Morgan fingerprint density at radius 1 is 1.18 bits per heavy atom. The summed E-state index contributed by atoms with van der Waals surface area (Å²) in [7, 11) is 0. The van der Waals surface area contributed by atoms with Crippen LogP contribution < -0.4 is 10.5 Å². The lowest BCUT2D eigenvalue weighted by Crippen LogP contribution is -1.98. The number of anilines is 1. The van der Waals surface area contributed by atoms with Crippen LogP contribution in [0.1, 0.15) is 25.5 Å². The molecular formula is C18H19ClN2O. The van der Waals surface area contributed by atoms with Gasteiger partial charge in [0.2, 0.25) is 0 Å². The Hall–Kier alpha value is -2.13. The van der Waals surface area contributed by atoms with Gasteiger partial charge in [-0.15, -0.1) is 0 Å². The number of fused-ring (bicyclic) bond motifs is 1. The summed E-state index contributed by atoms with van der Waals surface area (Å²) in [5.41, 5.74) is 9.18. The summed E-state index contributed by atoms with van der Waals surface area (Å²) in [5.74, 6) is 0.757. The van der Waals surface area contributed by atoms with Crippen molar-refractivity contribution in [2.24, 2.45) is 0 Å². The summed E-state index contributed by atoms with van der Waals surface area (Å²) >= 11 is 5.99. The number of nitrogen functional groups attached to an aromatic ring is 1. The normalized spacial score (nSPS) is 11.3. The van der Waals surface area contributed by atoms with E-state index >= 15 is 0 Å². The van der Waals surface area contributed by atoms with Gasteiger partial charge in [0.25, 0.3) is 0 Å². The molecule has 0 saturated carbocycles. The summed E-state index contributed by atoms with van der Waals surface area (Å²) in [4.78, 5) is 0. The molecule has 0 spiro atoms. The summed E-state index contributed by atoms with van der Waals surface area (Å²) in [5, 5.41) is 1.74. The number of hydrogen-bond donors (Lipinski definition) is 1. The molecule has 0 aliphatic rings. The van der Waals surface area contributed by atoms with Gasteiger partial charge in [0.05, 0.1) is 5.52 Å². The number of hydrogen-bond acceptors (Lipinski definition) is 2. The monoisotopic (exact) mass is 314 g/mol. The number of nitrogens with zero attached hydrogens (tertiary/aromatic N) is 1. The lowest BCUT2D eigenvalue weighted by molar-refractivity contribution is 0.307. The van der Waals surface area contributed by atoms with Crippen LogP contribution >= 0.6 is 11.6 Å². The molecule has 0 radical (unpaired) electrons. The van der Waals surface area contributed by atoms with Crippen LogP contribution in [0.25, 0.3) is 10.9 Å². The number of halogens is 1. The number of ether oxygens (including phenoxy) is 1. The summed E-state index contributed by atoms with van der Waals surface area (Å²) in [6.45, 7) is 4.78. The molecule has 0 atom stereocenters. The van der Waals surface area contributed by atoms with Gasteiger partial charge in [-0.3, -0.25) is 0 Å². The minimum atomic E-state index is 0.365. The molecule has 0 amide bonds. The lowest BCUT2D eigenvalue weighted by Gasteiger charge is -2.08. The quantitative estimate of drug-likeness (QED) is 0.685. The Labute approximate surface area is 135 Å². The van der Waals surface area contributed by atoms with Gasteiger partial charge in [0, 0.05) is 33.9 Å². The van der Waals surface area contributed by atoms with Crippen molar-refractivity contribution in [2.75, 3.05) is 5.73 Å². The standard InChI is InChI=1S/C18H19ClN2O/c1-12(2)21-10-13(18-16(20)7-4-8-17(18)21)11-22-15-6-3-5-14(19)9-15/h3-10,12H,11,20H2,1-2H3. The molecule has 22 heavy (non-hydrogen) atoms. The van der Waals surface area contributed by atoms with E-state index in [9.17, 15) is 0 Å². The van der Waals surface area contributed by atoms with E-state index in [1.807, 2.05) is 36.4 Å². The van der Waals surface area contributed by atoms with Gasteiger partial charge in [-0.1, -0.05) is 23.7 Å². The van der Waals surface area contributed by atoms with Gasteiger partial charge in [-0.05, 0) is 44.2 Å². The predicted octanol–water partition coefficient (Wildman–Crippen LogP) is 5.04. The van der Waals surface area contributed by atoms with Crippen LogP contribution in [-0.2, 0) is 6.61 Å². The van der Waals surface area contributed by atoms with Crippen LogP contribution in [0.2, 0.25) is 5.02 Å². The predicted molar refractivity (Wildman–Crippen MR) is 92.5 cm³/mol. The molecule has 114 valence electrons. The Morgan fingerprint density at radius 3 is 2.68 bits per heavy atom. The second-order valence-corrected chi connectivity index (χ2v) is 6.08. The Kier molecular flexibility index (Phi) is 3.99. The molecule has 2 aromatic carbocycles. The zero-order valence-electron chi connectivity index (χ0n) is 12.7. The Balaban J connectivity index is 1.96. The molecule has 0 bridgehead atoms. The van der Waals surface area contributed by atoms with Crippen molar-refractivity contribution in [2.45, 2.75) is 26.5 Å². The van der Waals surface area contributed by atoms with Crippen LogP contribution in [0.5, 0.6) is 5.75 Å². The fourth-order valence-electron chi connectivity index (χ4n) is 2.68. The second-order valence-electron chi connectivity index (χ2n) is 5.64. The minimum Gasteiger partial charge on any atom is -0.489 e. The first-order valence-corrected chi connectivity index (χ1v) is 7.70. The summed E-state index contributed by atoms with van der Waals surface area (Å²) < 4.78 is 8.10. The first-order valence-electron chi connectivity index (χ1n) is 7.32. The van der Waals surface area contributed by atoms with Crippen molar-refractivity contribution in [3.63, 3.8) is 0 Å². The molecule has 2 N–H and O–H groups in total. The maximum Gasteiger partial charge on any atom is 0.121 e. The van der Waals surface area contributed by atoms with Gasteiger partial charge in [0.15, 0.2) is 0 Å². The van der Waals surface area contributed by atoms with Gasteiger partial charge < -0.3 is 15.0 Å². The van der Waals surface area contributed by atoms with Crippen molar-refractivity contribution in [3.05, 3.63) is 59.2 Å². The van der Waals surface area contributed by atoms with Crippen LogP contribution in [0.3, 0.4) is 0 Å². The highest BCUT2D eigenvalue weighted by Crippen LogP contribution is 2.30. The molecule has 0 aliphatic carbocycles. The molecule has 4 heteroatoms. The Bertz CT molecular complexity index is 808. The smallest absolute Gasteiger partial charge is 0.121 e. The average Bonchev–Trinajstić information content (AvgIpc) is 2.86. The molecule has 0 fully saturated rings. The topological polar surface area (TPSA) is 40.2 Å². The molecule has 3 aromatic rings. The molecule has 0 unspecified atom stereocenters. The molecular weight excluding hydrogens is 296 g/mol. The molecule has 1 heterocycles. The number of aromatic nitrogens is 1. The highest BCUT2D eigenvalue weighted by molar-refractivity contribution is 6.30. The highest BCUT2D eigenvalue weighted by Gasteiger charge is 2.13. The van der Waals surface area contributed by atoms with Gasteiger partial charge in [-0.25, -0.2) is 0 Å². The Morgan fingerprint density at radius 2 is 1.95 bits per heavy atom. The third-order valence-electron chi connectivity index (χ3n) is 3.72. The SMILES string of the molecule is CC(C)n1cc(COc2cccc(Cl)c2)c2c(N)cccc21. The van der Waals surface area contributed by atoms with E-state index in [-0.39, 0.29) is 0 Å². The van der Waals surface area contributed by atoms with E-state index in [2.05, 4.69) is 30.7 Å². The zero-order chi connectivity index (χ0) is 15.7. The third-order valence-corrected chi connectivity index (χ3v) is 3.95. The number of rotatable bonds is 4. The fourth-order valence-corrected chi connectivity index (χ4v) is 2.86. The first kappa shape index (κ1) is 14.8. The van der Waals surface area contributed by atoms with Crippen LogP contribution in [0, 0.1) is 0 Å². The van der Waals surface area contributed by atoms with Crippen molar-refractivity contribution in [1.82, 2.24) is 4.57 Å². The molecule has 1 aromatic heterocycles. The highest BCUT2D eigenvalue weighted by atomic mass is 35.5. The van der Waals surface area contributed by atoms with Crippen LogP contribution in [-0.4, -0.2) is 4.57 Å². The maximum atomic E-state index is 6.17. The van der Waals surface area contributed by atoms with Crippen molar-refractivity contribution < 1.29 is 4.74 Å². The molecule has 0 aliphatic heterocycles. The van der Waals surface area contributed by atoms with E-state index in [4.69, 9.17) is 22.1 Å². The number of nitrogens with two attached hydrogens (primary N) is 1. The van der Waals surface area contributed by atoms with Gasteiger partial charge in [-0.2, -0.15) is 0 Å². The molecule has 0 saturated heterocycles. The second kappa shape index (κ2) is 5.93.